The molecule has 1 atom stereocenters. The minimum Gasteiger partial charge on any atom is -0.439 e. The Hall–Kier alpha value is -2.28. The number of likely N-dealkylation sites (tertiary alicyclic amines) is 1. The second-order valence-corrected chi connectivity index (χ2v) is 10.3. The fourth-order valence-electron chi connectivity index (χ4n) is 4.76. The maximum absolute atomic E-state index is 13.1. The molecule has 2 aromatic rings. The Balaban J connectivity index is 1.36. The summed E-state index contributed by atoms with van der Waals surface area (Å²) in [5.74, 6) is 0.551. The van der Waals surface area contributed by atoms with Crippen LogP contribution in [0.5, 0.6) is 11.6 Å². The van der Waals surface area contributed by atoms with Crippen molar-refractivity contribution in [3.05, 3.63) is 52.7 Å². The first-order chi connectivity index (χ1) is 15.5. The average Bonchev–Trinajstić information content (AvgIpc) is 3.10. The van der Waals surface area contributed by atoms with Crippen LogP contribution in [-0.4, -0.2) is 28.4 Å². The lowest BCUT2D eigenvalue weighted by atomic mass is 9.75. The lowest BCUT2D eigenvalue weighted by Crippen LogP contribution is -2.41. The molecule has 1 aliphatic carbocycles. The Bertz CT molecular complexity index is 998. The molecule has 178 valence electrons. The molecule has 2 fully saturated rings. The molecule has 4 rings (SSSR count). The smallest absolute Gasteiger partial charge is 0.417 e. The second-order valence-electron chi connectivity index (χ2n) is 9.85. The molecule has 1 aromatic heterocycles. The quantitative estimate of drug-likeness (QED) is 0.467. The number of carbonyl (C=O) groups excluding carboxylic acids is 1. The number of pyridine rings is 1. The molecule has 2 aliphatic rings. The zero-order chi connectivity index (χ0) is 23.8. The van der Waals surface area contributed by atoms with Crippen molar-refractivity contribution < 1.29 is 22.7 Å². The van der Waals surface area contributed by atoms with E-state index < -0.39 is 11.7 Å². The van der Waals surface area contributed by atoms with E-state index in [-0.39, 0.29) is 17.7 Å². The van der Waals surface area contributed by atoms with Gasteiger partial charge in [-0.15, -0.1) is 0 Å². The van der Waals surface area contributed by atoms with E-state index in [9.17, 15) is 18.0 Å². The van der Waals surface area contributed by atoms with Crippen molar-refractivity contribution >= 4 is 17.5 Å². The number of alkyl halides is 3. The number of carbonyl (C=O) groups is 1. The fourth-order valence-corrected chi connectivity index (χ4v) is 5.01. The molecule has 1 amide bonds. The maximum atomic E-state index is 13.1. The van der Waals surface area contributed by atoms with Crippen LogP contribution in [0.2, 0.25) is 5.02 Å². The summed E-state index contributed by atoms with van der Waals surface area (Å²) in [4.78, 5) is 18.8. The average molecular weight is 481 g/mol. The molecule has 1 aliphatic heterocycles. The Kier molecular flexibility index (Phi) is 6.63. The van der Waals surface area contributed by atoms with Gasteiger partial charge in [-0.3, -0.25) is 4.79 Å². The van der Waals surface area contributed by atoms with Crippen molar-refractivity contribution in [2.24, 2.45) is 11.3 Å². The van der Waals surface area contributed by atoms with Crippen LogP contribution >= 0.6 is 11.6 Å². The number of hydrogen-bond acceptors (Lipinski definition) is 3. The standard InChI is InChI=1S/C25H28ClF3N2O2/c1-24(2)10-7-19(8-11-24)31-12-9-17(23(31)32)13-16-3-5-20(14-21(16)26)33-22-6-4-18(15-30-22)25(27,28)29/h3-6,14-15,17,19H,7-13H2,1-2H3. The summed E-state index contributed by atoms with van der Waals surface area (Å²) in [6.07, 6.45) is 2.09. The molecule has 0 spiro atoms. The first-order valence-corrected chi connectivity index (χ1v) is 11.7. The molecule has 1 unspecified atom stereocenters. The lowest BCUT2D eigenvalue weighted by Gasteiger charge is -2.38. The zero-order valence-electron chi connectivity index (χ0n) is 18.8. The van der Waals surface area contributed by atoms with Crippen LogP contribution in [-0.2, 0) is 17.4 Å². The summed E-state index contributed by atoms with van der Waals surface area (Å²) in [5, 5.41) is 0.463. The predicted molar refractivity (Wildman–Crippen MR) is 120 cm³/mol. The third-order valence-corrected chi connectivity index (χ3v) is 7.23. The maximum Gasteiger partial charge on any atom is 0.417 e. The third-order valence-electron chi connectivity index (χ3n) is 6.88. The van der Waals surface area contributed by atoms with Gasteiger partial charge in [0.2, 0.25) is 11.8 Å². The summed E-state index contributed by atoms with van der Waals surface area (Å²) < 4.78 is 43.6. The fraction of sp³-hybridized carbons (Fsp3) is 0.520. The van der Waals surface area contributed by atoms with E-state index >= 15 is 0 Å². The van der Waals surface area contributed by atoms with Crippen molar-refractivity contribution in [3.8, 4) is 11.6 Å². The minimum absolute atomic E-state index is 0.0455. The number of nitrogens with zero attached hydrogens (tertiary/aromatic N) is 2. The minimum atomic E-state index is -4.45. The van der Waals surface area contributed by atoms with E-state index in [4.69, 9.17) is 16.3 Å². The van der Waals surface area contributed by atoms with Crippen molar-refractivity contribution in [2.75, 3.05) is 6.54 Å². The highest BCUT2D eigenvalue weighted by Gasteiger charge is 2.38. The highest BCUT2D eigenvalue weighted by Crippen LogP contribution is 2.39. The number of hydrogen-bond donors (Lipinski definition) is 0. The van der Waals surface area contributed by atoms with E-state index in [2.05, 4.69) is 23.7 Å². The van der Waals surface area contributed by atoms with Crippen LogP contribution in [0.15, 0.2) is 36.5 Å². The van der Waals surface area contributed by atoms with Crippen molar-refractivity contribution in [1.29, 1.82) is 0 Å². The molecule has 1 aromatic carbocycles. The highest BCUT2D eigenvalue weighted by molar-refractivity contribution is 6.31. The molecule has 1 saturated carbocycles. The number of amides is 1. The summed E-state index contributed by atoms with van der Waals surface area (Å²) in [7, 11) is 0. The Morgan fingerprint density at radius 2 is 1.88 bits per heavy atom. The van der Waals surface area contributed by atoms with Gasteiger partial charge in [-0.2, -0.15) is 13.2 Å². The van der Waals surface area contributed by atoms with Crippen LogP contribution in [0.25, 0.3) is 0 Å². The molecule has 4 nitrogen and oxygen atoms in total. The van der Waals surface area contributed by atoms with E-state index in [0.29, 0.717) is 28.6 Å². The summed E-state index contributed by atoms with van der Waals surface area (Å²) in [6, 6.07) is 7.54. The molecule has 0 bridgehead atoms. The zero-order valence-corrected chi connectivity index (χ0v) is 19.5. The van der Waals surface area contributed by atoms with Gasteiger partial charge in [0.25, 0.3) is 0 Å². The summed E-state index contributed by atoms with van der Waals surface area (Å²) in [6.45, 7) is 5.38. The Morgan fingerprint density at radius 3 is 2.48 bits per heavy atom. The lowest BCUT2D eigenvalue weighted by molar-refractivity contribution is -0.138. The number of halogens is 4. The topological polar surface area (TPSA) is 42.4 Å². The van der Waals surface area contributed by atoms with Crippen molar-refractivity contribution in [2.45, 2.75) is 64.6 Å². The summed E-state index contributed by atoms with van der Waals surface area (Å²) >= 11 is 6.45. The molecular formula is C25H28ClF3N2O2. The van der Waals surface area contributed by atoms with Gasteiger partial charge in [0.05, 0.1) is 5.56 Å². The molecule has 1 saturated heterocycles. The van der Waals surface area contributed by atoms with Gasteiger partial charge in [0.1, 0.15) is 5.75 Å². The Labute approximate surface area is 197 Å². The number of ether oxygens (including phenoxy) is 1. The molecule has 8 heteroatoms. The van der Waals surface area contributed by atoms with Gasteiger partial charge in [-0.25, -0.2) is 4.98 Å². The van der Waals surface area contributed by atoms with Gasteiger partial charge in [-0.1, -0.05) is 31.5 Å². The molecule has 0 N–H and O–H groups in total. The predicted octanol–water partition coefficient (Wildman–Crippen LogP) is 6.91. The normalized spacial score (nSPS) is 21.5. The number of rotatable bonds is 5. The van der Waals surface area contributed by atoms with Crippen LogP contribution in [0.1, 0.15) is 57.1 Å². The van der Waals surface area contributed by atoms with Gasteiger partial charge in [-0.05, 0) is 67.7 Å². The first-order valence-electron chi connectivity index (χ1n) is 11.3. The third kappa shape index (κ3) is 5.62. The van der Waals surface area contributed by atoms with E-state index in [1.54, 1.807) is 18.2 Å². The van der Waals surface area contributed by atoms with Crippen molar-refractivity contribution in [3.63, 3.8) is 0 Å². The number of benzene rings is 1. The summed E-state index contributed by atoms with van der Waals surface area (Å²) in [5.41, 5.74) is 0.385. The van der Waals surface area contributed by atoms with Crippen LogP contribution in [0.3, 0.4) is 0 Å². The largest absolute Gasteiger partial charge is 0.439 e. The van der Waals surface area contributed by atoms with Gasteiger partial charge in [0, 0.05) is 35.8 Å². The van der Waals surface area contributed by atoms with Crippen molar-refractivity contribution in [1.82, 2.24) is 9.88 Å². The SMILES string of the molecule is CC1(C)CCC(N2CCC(Cc3ccc(Oc4ccc(C(F)(F)F)cn4)cc3Cl)C2=O)CC1. The van der Waals surface area contributed by atoms with Gasteiger partial charge < -0.3 is 9.64 Å². The number of aromatic nitrogens is 1. The van der Waals surface area contributed by atoms with Crippen LogP contribution in [0.4, 0.5) is 13.2 Å². The molecule has 33 heavy (non-hydrogen) atoms. The molecular weight excluding hydrogens is 453 g/mol. The highest BCUT2D eigenvalue weighted by atomic mass is 35.5. The van der Waals surface area contributed by atoms with Crippen LogP contribution < -0.4 is 4.74 Å². The van der Waals surface area contributed by atoms with Gasteiger partial charge in [0.15, 0.2) is 0 Å². The first kappa shape index (κ1) is 23.9. The molecule has 0 radical (unpaired) electrons. The molecule has 2 heterocycles. The van der Waals surface area contributed by atoms with Gasteiger partial charge >= 0.3 is 6.18 Å². The Morgan fingerprint density at radius 1 is 1.15 bits per heavy atom. The second kappa shape index (κ2) is 9.16. The van der Waals surface area contributed by atoms with Crippen LogP contribution in [0, 0.1) is 11.3 Å². The van der Waals surface area contributed by atoms with E-state index in [0.717, 1.165) is 56.5 Å². The van der Waals surface area contributed by atoms with E-state index in [1.807, 2.05) is 0 Å². The monoisotopic (exact) mass is 480 g/mol. The van der Waals surface area contributed by atoms with E-state index in [1.165, 1.54) is 6.07 Å².